The lowest BCUT2D eigenvalue weighted by atomic mass is 10.1. The Labute approximate surface area is 168 Å². The Bertz CT molecular complexity index is 1020. The number of aryl methyl sites for hydroxylation is 1. The number of likely N-dealkylation sites (tertiary alicyclic amines) is 1. The van der Waals surface area contributed by atoms with Crippen LogP contribution >= 0.6 is 11.3 Å². The van der Waals surface area contributed by atoms with Crippen molar-refractivity contribution in [2.24, 2.45) is 0 Å². The van der Waals surface area contributed by atoms with E-state index in [2.05, 4.69) is 21.7 Å². The summed E-state index contributed by atoms with van der Waals surface area (Å²) in [5, 5.41) is 5.55. The van der Waals surface area contributed by atoms with Crippen molar-refractivity contribution in [2.75, 3.05) is 19.6 Å². The normalized spacial score (nSPS) is 16.2. The molecule has 1 amide bonds. The predicted molar refractivity (Wildman–Crippen MR) is 112 cm³/mol. The predicted octanol–water partition coefficient (Wildman–Crippen LogP) is 4.12. The molecule has 28 heavy (non-hydrogen) atoms. The second kappa shape index (κ2) is 8.29. The van der Waals surface area contributed by atoms with Crippen LogP contribution in [0.25, 0.3) is 11.0 Å². The summed E-state index contributed by atoms with van der Waals surface area (Å²) in [5.74, 6) is -0.289. The standard InChI is InChI=1S/C22H24N2O3S/c1-15-7-8-19-16(12-15)18(25)13-20(27-19)22(26)23-14-17(21-6-5-11-28-21)24-9-3-2-4-10-24/h5-8,11-13,17H,2-4,9-10,14H2,1H3,(H,23,26). The molecule has 1 aliphatic heterocycles. The largest absolute Gasteiger partial charge is 0.451 e. The quantitative estimate of drug-likeness (QED) is 0.705. The highest BCUT2D eigenvalue weighted by Crippen LogP contribution is 2.27. The number of amides is 1. The zero-order chi connectivity index (χ0) is 19.5. The summed E-state index contributed by atoms with van der Waals surface area (Å²) in [5.41, 5.74) is 1.23. The number of hydrogen-bond donors (Lipinski definition) is 1. The van der Waals surface area contributed by atoms with Gasteiger partial charge in [-0.2, -0.15) is 0 Å². The van der Waals surface area contributed by atoms with Gasteiger partial charge in [-0.15, -0.1) is 11.3 Å². The molecule has 0 bridgehead atoms. The van der Waals surface area contributed by atoms with E-state index in [0.717, 1.165) is 18.7 Å². The number of rotatable bonds is 5. The summed E-state index contributed by atoms with van der Waals surface area (Å²) in [6, 6.07) is 11.0. The number of fused-ring (bicyclic) bond motifs is 1. The molecule has 146 valence electrons. The summed E-state index contributed by atoms with van der Waals surface area (Å²) in [6.07, 6.45) is 3.64. The maximum Gasteiger partial charge on any atom is 0.287 e. The molecule has 1 aliphatic rings. The maximum absolute atomic E-state index is 12.7. The number of piperidine rings is 1. The highest BCUT2D eigenvalue weighted by atomic mass is 32.1. The number of benzene rings is 1. The van der Waals surface area contributed by atoms with Crippen LogP contribution in [0.15, 0.2) is 51.0 Å². The van der Waals surface area contributed by atoms with Gasteiger partial charge in [0.15, 0.2) is 11.2 Å². The lowest BCUT2D eigenvalue weighted by Gasteiger charge is -2.34. The molecule has 1 aromatic carbocycles. The van der Waals surface area contributed by atoms with E-state index in [1.165, 1.54) is 30.2 Å². The molecule has 1 atom stereocenters. The molecule has 1 unspecified atom stereocenters. The van der Waals surface area contributed by atoms with Crippen LogP contribution in [-0.4, -0.2) is 30.4 Å². The van der Waals surface area contributed by atoms with E-state index in [9.17, 15) is 9.59 Å². The number of carbonyl (C=O) groups is 1. The minimum atomic E-state index is -0.349. The maximum atomic E-state index is 12.7. The molecule has 1 N–H and O–H groups in total. The Morgan fingerprint density at radius 2 is 2.04 bits per heavy atom. The summed E-state index contributed by atoms with van der Waals surface area (Å²) in [4.78, 5) is 28.8. The van der Waals surface area contributed by atoms with E-state index in [1.807, 2.05) is 19.1 Å². The van der Waals surface area contributed by atoms with E-state index < -0.39 is 0 Å². The number of nitrogens with one attached hydrogen (secondary N) is 1. The average Bonchev–Trinajstić information content (AvgIpc) is 3.24. The Morgan fingerprint density at radius 1 is 1.21 bits per heavy atom. The summed E-state index contributed by atoms with van der Waals surface area (Å²) >= 11 is 1.71. The lowest BCUT2D eigenvalue weighted by molar-refractivity contribution is 0.0899. The Balaban J connectivity index is 1.53. The van der Waals surface area contributed by atoms with Gasteiger partial charge < -0.3 is 9.73 Å². The number of nitrogens with zero attached hydrogens (tertiary/aromatic N) is 1. The second-order valence-corrected chi connectivity index (χ2v) is 8.29. The van der Waals surface area contributed by atoms with Crippen LogP contribution in [0.3, 0.4) is 0 Å². The van der Waals surface area contributed by atoms with Crippen molar-refractivity contribution in [1.29, 1.82) is 0 Å². The summed E-state index contributed by atoms with van der Waals surface area (Å²) in [7, 11) is 0. The van der Waals surface area contributed by atoms with Gasteiger partial charge in [-0.25, -0.2) is 0 Å². The van der Waals surface area contributed by atoms with Gasteiger partial charge in [0.2, 0.25) is 0 Å². The smallest absolute Gasteiger partial charge is 0.287 e. The van der Waals surface area contributed by atoms with Crippen molar-refractivity contribution in [2.45, 2.75) is 32.2 Å². The zero-order valence-electron chi connectivity index (χ0n) is 15.9. The molecule has 0 radical (unpaired) electrons. The van der Waals surface area contributed by atoms with Gasteiger partial charge in [-0.1, -0.05) is 24.1 Å². The molecular weight excluding hydrogens is 372 g/mol. The first-order valence-electron chi connectivity index (χ1n) is 9.72. The molecule has 6 heteroatoms. The van der Waals surface area contributed by atoms with Crippen molar-refractivity contribution in [3.05, 3.63) is 68.2 Å². The molecule has 3 aromatic rings. The monoisotopic (exact) mass is 396 g/mol. The molecule has 0 saturated carbocycles. The molecule has 0 aliphatic carbocycles. The van der Waals surface area contributed by atoms with Crippen molar-refractivity contribution in [3.8, 4) is 0 Å². The van der Waals surface area contributed by atoms with E-state index in [-0.39, 0.29) is 23.1 Å². The molecule has 4 rings (SSSR count). The van der Waals surface area contributed by atoms with Crippen molar-refractivity contribution in [3.63, 3.8) is 0 Å². The highest BCUT2D eigenvalue weighted by Gasteiger charge is 2.24. The molecule has 2 aromatic heterocycles. The molecule has 1 fully saturated rings. The van der Waals surface area contributed by atoms with Crippen molar-refractivity contribution in [1.82, 2.24) is 10.2 Å². The van der Waals surface area contributed by atoms with Crippen LogP contribution in [0, 0.1) is 6.92 Å². The zero-order valence-corrected chi connectivity index (χ0v) is 16.8. The van der Waals surface area contributed by atoms with Crippen LogP contribution in [0.1, 0.15) is 46.3 Å². The fourth-order valence-corrected chi connectivity index (χ4v) is 4.64. The van der Waals surface area contributed by atoms with Crippen LogP contribution in [0.2, 0.25) is 0 Å². The summed E-state index contributed by atoms with van der Waals surface area (Å²) in [6.45, 7) is 4.51. The SMILES string of the molecule is Cc1ccc2oc(C(=O)NCC(c3cccs3)N3CCCCC3)cc(=O)c2c1. The van der Waals surface area contributed by atoms with Gasteiger partial charge in [-0.05, 0) is 56.4 Å². The fourth-order valence-electron chi connectivity index (χ4n) is 3.78. The van der Waals surface area contributed by atoms with Crippen LogP contribution in [0.4, 0.5) is 0 Å². The Morgan fingerprint density at radius 3 is 2.79 bits per heavy atom. The molecule has 0 spiro atoms. The van der Waals surface area contributed by atoms with Crippen LogP contribution < -0.4 is 10.7 Å². The average molecular weight is 397 g/mol. The molecule has 1 saturated heterocycles. The fraction of sp³-hybridized carbons (Fsp3) is 0.364. The van der Waals surface area contributed by atoms with Gasteiger partial charge in [0, 0.05) is 17.5 Å². The van der Waals surface area contributed by atoms with Gasteiger partial charge in [-0.3, -0.25) is 14.5 Å². The third kappa shape index (κ3) is 4.03. The van der Waals surface area contributed by atoms with E-state index in [4.69, 9.17) is 4.42 Å². The van der Waals surface area contributed by atoms with Crippen LogP contribution in [0.5, 0.6) is 0 Å². The first kappa shape index (κ1) is 18.9. The number of thiophene rings is 1. The lowest BCUT2D eigenvalue weighted by Crippen LogP contribution is -2.40. The minimum absolute atomic E-state index is 0.0601. The van der Waals surface area contributed by atoms with Crippen LogP contribution in [-0.2, 0) is 0 Å². The number of hydrogen-bond acceptors (Lipinski definition) is 5. The molecular formula is C22H24N2O3S. The van der Waals surface area contributed by atoms with Crippen molar-refractivity contribution >= 4 is 28.2 Å². The van der Waals surface area contributed by atoms with Gasteiger partial charge in [0.25, 0.3) is 5.91 Å². The minimum Gasteiger partial charge on any atom is -0.451 e. The molecule has 3 heterocycles. The third-order valence-corrected chi connectivity index (χ3v) is 6.24. The van der Waals surface area contributed by atoms with Gasteiger partial charge >= 0.3 is 0 Å². The van der Waals surface area contributed by atoms with E-state index >= 15 is 0 Å². The Hall–Kier alpha value is -2.44. The first-order valence-corrected chi connectivity index (χ1v) is 10.6. The van der Waals surface area contributed by atoms with E-state index in [0.29, 0.717) is 17.5 Å². The topological polar surface area (TPSA) is 62.6 Å². The van der Waals surface area contributed by atoms with Gasteiger partial charge in [0.05, 0.1) is 11.4 Å². The first-order chi connectivity index (χ1) is 13.6. The highest BCUT2D eigenvalue weighted by molar-refractivity contribution is 7.10. The van der Waals surface area contributed by atoms with E-state index in [1.54, 1.807) is 23.5 Å². The molecule has 5 nitrogen and oxygen atoms in total. The second-order valence-electron chi connectivity index (χ2n) is 7.31. The Kier molecular flexibility index (Phi) is 5.59. The third-order valence-electron chi connectivity index (χ3n) is 5.27. The summed E-state index contributed by atoms with van der Waals surface area (Å²) < 4.78 is 5.70. The number of carbonyl (C=O) groups excluding carboxylic acids is 1. The van der Waals surface area contributed by atoms with Gasteiger partial charge in [0.1, 0.15) is 5.58 Å². The van der Waals surface area contributed by atoms with Crippen molar-refractivity contribution < 1.29 is 9.21 Å².